The minimum Gasteiger partial charge on any atom is -0.453 e. The summed E-state index contributed by atoms with van der Waals surface area (Å²) in [5.74, 6) is -0.716. The number of anilines is 2. The second-order valence-electron chi connectivity index (χ2n) is 17.4. The van der Waals surface area contributed by atoms with Crippen molar-refractivity contribution in [1.82, 2.24) is 40.3 Å². The lowest BCUT2D eigenvalue weighted by Crippen LogP contribution is -2.62. The van der Waals surface area contributed by atoms with Gasteiger partial charge in [-0.05, 0) is 74.8 Å². The number of alkyl halides is 3. The van der Waals surface area contributed by atoms with Crippen molar-refractivity contribution in [2.75, 3.05) is 57.1 Å². The topological polar surface area (TPSA) is 194 Å². The number of halogens is 4. The summed E-state index contributed by atoms with van der Waals surface area (Å²) in [5.41, 5.74) is 0.678. The predicted molar refractivity (Wildman–Crippen MR) is 243 cm³/mol. The number of imidazole rings is 1. The standard InChI is InChI=1S/C46H54ClF3N10O7/c1-26(2)38(56-44(65)66-6)41(62)59-17-7-9-35(59)39-53-24-34(54-39)29-12-10-28(11-13-29)31-21-32(47)33(22-36(31)67-46(48,49)50)55-40(61)30-14-15-37(52-23-30)58-20-19-57(25-27(58)3)42(63)45(4)16-8-18-60(45)43(64)51-5/h10-15,21-24,26-27,35,38H,7-9,16-20,25H2,1-6H3,(H,51,64)(H,53,54)(H,55,61)(H,56,65)/t27-,35+,38+,45+/m1/s1. The Morgan fingerprint density at radius 3 is 2.33 bits per heavy atom. The fourth-order valence-corrected chi connectivity index (χ4v) is 9.32. The summed E-state index contributed by atoms with van der Waals surface area (Å²) in [4.78, 5) is 84.7. The van der Waals surface area contributed by atoms with Crippen molar-refractivity contribution >= 4 is 53.0 Å². The Hall–Kier alpha value is -6.57. The van der Waals surface area contributed by atoms with Crippen LogP contribution in [-0.2, 0) is 14.3 Å². The van der Waals surface area contributed by atoms with Crippen LogP contribution >= 0.6 is 11.6 Å². The smallest absolute Gasteiger partial charge is 0.453 e. The van der Waals surface area contributed by atoms with Crippen molar-refractivity contribution in [1.29, 1.82) is 0 Å². The summed E-state index contributed by atoms with van der Waals surface area (Å²) >= 11 is 6.61. The molecular formula is C46H54ClF3N10O7. The van der Waals surface area contributed by atoms with Crippen molar-refractivity contribution in [3.8, 4) is 28.1 Å². The molecule has 2 aromatic carbocycles. The number of hydrogen-bond donors (Lipinski definition) is 4. The Bertz CT molecular complexity index is 2490. The van der Waals surface area contributed by atoms with E-state index in [9.17, 15) is 37.1 Å². The van der Waals surface area contributed by atoms with Gasteiger partial charge in [0.15, 0.2) is 0 Å². The van der Waals surface area contributed by atoms with Crippen LogP contribution in [0.15, 0.2) is 60.9 Å². The number of rotatable bonds is 11. The molecule has 0 radical (unpaired) electrons. The minimum absolute atomic E-state index is 0.0145. The zero-order chi connectivity index (χ0) is 48.4. The first-order chi connectivity index (χ1) is 31.8. The maximum absolute atomic E-state index is 13.8. The van der Waals surface area contributed by atoms with Gasteiger partial charge in [-0.1, -0.05) is 49.7 Å². The SMILES string of the molecule is CNC(=O)N1CCC[C@@]1(C)C(=O)N1CCN(c2ccc(C(=O)Nc3cc(OC(F)(F)F)c(-c4ccc(-c5cnc([C@@H]6CCCN6C(=O)[C@@H](NC(=O)OC)C(C)C)[nH]5)cc4)cc3Cl)cn2)[C@H](C)C1. The van der Waals surface area contributed by atoms with E-state index < -0.39 is 35.7 Å². The van der Waals surface area contributed by atoms with Crippen LogP contribution in [0.5, 0.6) is 5.75 Å². The second-order valence-corrected chi connectivity index (χ2v) is 17.8. The molecule has 2 aromatic heterocycles. The van der Waals surface area contributed by atoms with Crippen LogP contribution in [0.2, 0.25) is 5.02 Å². The molecule has 3 aliphatic heterocycles. The number of pyridine rings is 1. The molecule has 358 valence electrons. The summed E-state index contributed by atoms with van der Waals surface area (Å²) in [5, 5.41) is 7.79. The molecule has 67 heavy (non-hydrogen) atoms. The molecule has 3 fully saturated rings. The van der Waals surface area contributed by atoms with E-state index in [1.165, 1.54) is 19.4 Å². The summed E-state index contributed by atoms with van der Waals surface area (Å²) in [6.45, 7) is 9.66. The number of nitrogens with zero attached hydrogens (tertiary/aromatic N) is 6. The molecule has 0 saturated carbocycles. The number of alkyl carbamates (subject to hydrolysis) is 1. The maximum atomic E-state index is 13.8. The van der Waals surface area contributed by atoms with Crippen LogP contribution in [0, 0.1) is 5.92 Å². The highest BCUT2D eigenvalue weighted by Crippen LogP contribution is 2.41. The average molecular weight is 951 g/mol. The molecule has 7 rings (SSSR count). The van der Waals surface area contributed by atoms with Gasteiger partial charge in [-0.3, -0.25) is 14.4 Å². The van der Waals surface area contributed by atoms with Gasteiger partial charge in [0.1, 0.15) is 29.0 Å². The van der Waals surface area contributed by atoms with Crippen molar-refractivity contribution in [2.24, 2.45) is 5.92 Å². The molecule has 0 unspecified atom stereocenters. The van der Waals surface area contributed by atoms with E-state index in [0.717, 1.165) is 18.9 Å². The molecule has 3 aliphatic rings. The molecule has 4 aromatic rings. The summed E-state index contributed by atoms with van der Waals surface area (Å²) < 4.78 is 50.6. The van der Waals surface area contributed by atoms with Gasteiger partial charge in [-0.25, -0.2) is 19.6 Å². The fraction of sp³-hybridized carbons (Fsp3) is 0.457. The first kappa shape index (κ1) is 48.4. The average Bonchev–Trinajstić information content (AvgIpc) is 4.09. The Kier molecular flexibility index (Phi) is 14.2. The third-order valence-electron chi connectivity index (χ3n) is 12.7. The largest absolute Gasteiger partial charge is 0.573 e. The highest BCUT2D eigenvalue weighted by Gasteiger charge is 2.48. The Balaban J connectivity index is 1.02. The summed E-state index contributed by atoms with van der Waals surface area (Å²) in [6, 6.07) is 10.5. The maximum Gasteiger partial charge on any atom is 0.573 e. The highest BCUT2D eigenvalue weighted by atomic mass is 35.5. The van der Waals surface area contributed by atoms with E-state index >= 15 is 0 Å². The fourth-order valence-electron chi connectivity index (χ4n) is 9.11. The van der Waals surface area contributed by atoms with Gasteiger partial charge >= 0.3 is 18.5 Å². The molecule has 0 bridgehead atoms. The van der Waals surface area contributed by atoms with Crippen LogP contribution in [0.25, 0.3) is 22.4 Å². The Morgan fingerprint density at radius 1 is 0.955 bits per heavy atom. The van der Waals surface area contributed by atoms with E-state index in [2.05, 4.69) is 35.6 Å². The van der Waals surface area contributed by atoms with E-state index in [4.69, 9.17) is 16.3 Å². The third kappa shape index (κ3) is 10.4. The number of carbonyl (C=O) groups is 5. The number of hydrogen-bond acceptors (Lipinski definition) is 10. The number of aromatic amines is 1. The van der Waals surface area contributed by atoms with E-state index in [0.29, 0.717) is 74.0 Å². The molecular weight excluding hydrogens is 897 g/mol. The predicted octanol–water partition coefficient (Wildman–Crippen LogP) is 7.22. The number of amides is 6. The van der Waals surface area contributed by atoms with Crippen LogP contribution in [0.4, 0.5) is 34.3 Å². The lowest BCUT2D eigenvalue weighted by atomic mass is 9.96. The minimum atomic E-state index is -5.08. The third-order valence-corrected chi connectivity index (χ3v) is 13.0. The molecule has 4 atom stereocenters. The Labute approximate surface area is 390 Å². The molecule has 21 heteroatoms. The number of carbonyl (C=O) groups excluding carboxylic acids is 5. The lowest BCUT2D eigenvalue weighted by molar-refractivity contribution is -0.274. The quantitative estimate of drug-likeness (QED) is 0.119. The van der Waals surface area contributed by atoms with Gasteiger partial charge < -0.3 is 50.0 Å². The number of benzene rings is 2. The molecule has 5 heterocycles. The molecule has 0 aliphatic carbocycles. The van der Waals surface area contributed by atoms with Gasteiger partial charge in [-0.2, -0.15) is 0 Å². The van der Waals surface area contributed by atoms with E-state index in [1.807, 2.05) is 25.7 Å². The van der Waals surface area contributed by atoms with Crippen LogP contribution < -0.4 is 25.6 Å². The zero-order valence-electron chi connectivity index (χ0n) is 38.0. The van der Waals surface area contributed by atoms with Crippen molar-refractivity contribution < 1.29 is 46.6 Å². The van der Waals surface area contributed by atoms with Crippen molar-refractivity contribution in [2.45, 2.75) is 83.4 Å². The number of urea groups is 1. The van der Waals surface area contributed by atoms with Crippen LogP contribution in [-0.4, -0.2) is 130 Å². The second kappa shape index (κ2) is 19.7. The van der Waals surface area contributed by atoms with E-state index in [1.54, 1.807) is 71.3 Å². The molecule has 0 spiro atoms. The molecule has 17 nitrogen and oxygen atoms in total. The summed E-state index contributed by atoms with van der Waals surface area (Å²) in [7, 11) is 2.78. The van der Waals surface area contributed by atoms with Crippen LogP contribution in [0.3, 0.4) is 0 Å². The van der Waals surface area contributed by atoms with Crippen molar-refractivity contribution in [3.63, 3.8) is 0 Å². The number of likely N-dealkylation sites (tertiary alicyclic amines) is 2. The number of methoxy groups -OCH3 is 1. The number of ether oxygens (including phenoxy) is 2. The molecule has 3 saturated heterocycles. The number of H-pyrrole nitrogens is 1. The highest BCUT2D eigenvalue weighted by molar-refractivity contribution is 6.34. The van der Waals surface area contributed by atoms with Gasteiger partial charge in [0, 0.05) is 63.6 Å². The van der Waals surface area contributed by atoms with Crippen molar-refractivity contribution in [3.05, 3.63) is 77.3 Å². The zero-order valence-corrected chi connectivity index (χ0v) is 38.8. The normalized spacial score (nSPS) is 20.2. The first-order valence-corrected chi connectivity index (χ1v) is 22.4. The molecule has 6 amide bonds. The number of piperazine rings is 1. The summed E-state index contributed by atoms with van der Waals surface area (Å²) in [6.07, 6.45) is -0.133. The number of nitrogens with one attached hydrogen (secondary N) is 4. The van der Waals surface area contributed by atoms with Gasteiger partial charge in [-0.15, -0.1) is 13.2 Å². The van der Waals surface area contributed by atoms with Gasteiger partial charge in [0.25, 0.3) is 5.91 Å². The Morgan fingerprint density at radius 2 is 1.69 bits per heavy atom. The van der Waals surface area contributed by atoms with Crippen LogP contribution in [0.1, 0.15) is 75.6 Å². The monoisotopic (exact) mass is 950 g/mol. The first-order valence-electron chi connectivity index (χ1n) is 22.0. The van der Waals surface area contributed by atoms with E-state index in [-0.39, 0.29) is 57.7 Å². The van der Waals surface area contributed by atoms with Gasteiger partial charge in [0.2, 0.25) is 11.8 Å². The van der Waals surface area contributed by atoms with Gasteiger partial charge in [0.05, 0.1) is 41.3 Å². The lowest BCUT2D eigenvalue weighted by Gasteiger charge is -2.44. The number of aromatic nitrogens is 3. The molecule has 4 N–H and O–H groups in total.